The molecule has 31 heavy (non-hydrogen) atoms. The minimum absolute atomic E-state index is 0.157. The molecule has 2 aromatic carbocycles. The standard InChI is InChI=1S/C22H25N5O4/c1-14-6-4-8-19(27(24)22(28)26-23)17(14)13-31-21-9-5-7-18(25-21)16-11-10-15(29-2)12-20(16)30-3/h4-12H,13,23-24H2,1-3H3,(H,26,28). The summed E-state index contributed by atoms with van der Waals surface area (Å²) in [6, 6.07) is 15.8. The topological polar surface area (TPSA) is 125 Å². The normalized spacial score (nSPS) is 10.4. The van der Waals surface area contributed by atoms with Crippen LogP contribution >= 0.6 is 0 Å². The van der Waals surface area contributed by atoms with Gasteiger partial charge in [0.25, 0.3) is 0 Å². The Kier molecular flexibility index (Phi) is 6.91. The number of aromatic nitrogens is 1. The fourth-order valence-electron chi connectivity index (χ4n) is 3.08. The molecule has 9 nitrogen and oxygen atoms in total. The lowest BCUT2D eigenvalue weighted by Gasteiger charge is -2.21. The smallest absolute Gasteiger partial charge is 0.350 e. The Morgan fingerprint density at radius 3 is 2.58 bits per heavy atom. The molecule has 0 aliphatic heterocycles. The quantitative estimate of drug-likeness (QED) is 0.303. The van der Waals surface area contributed by atoms with Gasteiger partial charge in [0, 0.05) is 23.3 Å². The highest BCUT2D eigenvalue weighted by Crippen LogP contribution is 2.33. The Hall–Kier alpha value is -3.82. The molecular weight excluding hydrogens is 398 g/mol. The molecule has 0 aliphatic rings. The molecule has 3 rings (SSSR count). The van der Waals surface area contributed by atoms with Gasteiger partial charge in [-0.2, -0.15) is 0 Å². The Morgan fingerprint density at radius 1 is 1.10 bits per heavy atom. The lowest BCUT2D eigenvalue weighted by Crippen LogP contribution is -2.48. The largest absolute Gasteiger partial charge is 0.497 e. The lowest BCUT2D eigenvalue weighted by molar-refractivity contribution is 0.246. The second-order valence-corrected chi connectivity index (χ2v) is 6.61. The van der Waals surface area contributed by atoms with Gasteiger partial charge >= 0.3 is 6.03 Å². The van der Waals surface area contributed by atoms with Crippen LogP contribution in [-0.4, -0.2) is 25.2 Å². The fourth-order valence-corrected chi connectivity index (χ4v) is 3.08. The molecule has 0 unspecified atom stereocenters. The van der Waals surface area contributed by atoms with Crippen molar-refractivity contribution in [3.8, 4) is 28.6 Å². The molecule has 9 heteroatoms. The number of hydrazine groups is 2. The van der Waals surface area contributed by atoms with Crippen LogP contribution in [0, 0.1) is 6.92 Å². The Labute approximate surface area is 180 Å². The van der Waals surface area contributed by atoms with Crippen molar-refractivity contribution in [2.24, 2.45) is 11.7 Å². The Morgan fingerprint density at radius 2 is 1.87 bits per heavy atom. The second kappa shape index (κ2) is 9.79. The number of amides is 2. The molecule has 0 aliphatic carbocycles. The van der Waals surface area contributed by atoms with Crippen LogP contribution in [0.5, 0.6) is 17.4 Å². The molecule has 0 fully saturated rings. The third-order valence-corrected chi connectivity index (χ3v) is 4.76. The van der Waals surface area contributed by atoms with Gasteiger partial charge in [0.05, 0.1) is 25.6 Å². The molecule has 1 aromatic heterocycles. The third kappa shape index (κ3) is 4.85. The summed E-state index contributed by atoms with van der Waals surface area (Å²) in [6.07, 6.45) is 0. The number of carbonyl (C=O) groups is 1. The zero-order valence-corrected chi connectivity index (χ0v) is 17.6. The molecule has 2 amide bonds. The van der Waals surface area contributed by atoms with E-state index in [0.29, 0.717) is 28.8 Å². The van der Waals surface area contributed by atoms with Crippen LogP contribution in [-0.2, 0) is 6.61 Å². The molecule has 0 saturated carbocycles. The molecule has 0 spiro atoms. The lowest BCUT2D eigenvalue weighted by atomic mass is 10.1. The number of urea groups is 1. The van der Waals surface area contributed by atoms with E-state index in [2.05, 4.69) is 4.98 Å². The minimum atomic E-state index is -0.640. The van der Waals surface area contributed by atoms with Crippen molar-refractivity contribution in [3.63, 3.8) is 0 Å². The van der Waals surface area contributed by atoms with E-state index in [1.54, 1.807) is 38.5 Å². The number of rotatable bonds is 7. The molecule has 0 radical (unpaired) electrons. The van der Waals surface area contributed by atoms with Crippen LogP contribution in [0.3, 0.4) is 0 Å². The maximum atomic E-state index is 11.8. The van der Waals surface area contributed by atoms with Crippen molar-refractivity contribution in [1.82, 2.24) is 10.4 Å². The summed E-state index contributed by atoms with van der Waals surface area (Å²) < 4.78 is 16.7. The first kappa shape index (κ1) is 21.9. The first-order valence-corrected chi connectivity index (χ1v) is 9.44. The molecule has 0 atom stereocenters. The van der Waals surface area contributed by atoms with Gasteiger partial charge in [0.1, 0.15) is 18.1 Å². The molecule has 1 heterocycles. The van der Waals surface area contributed by atoms with E-state index in [1.165, 1.54) is 0 Å². The van der Waals surface area contributed by atoms with E-state index >= 15 is 0 Å². The summed E-state index contributed by atoms with van der Waals surface area (Å²) in [6.45, 7) is 2.06. The summed E-state index contributed by atoms with van der Waals surface area (Å²) in [5.41, 5.74) is 5.63. The van der Waals surface area contributed by atoms with Gasteiger partial charge in [-0.1, -0.05) is 18.2 Å². The number of methoxy groups -OCH3 is 2. The van der Waals surface area contributed by atoms with Crippen molar-refractivity contribution in [3.05, 3.63) is 65.7 Å². The van der Waals surface area contributed by atoms with Gasteiger partial charge in [-0.05, 0) is 36.8 Å². The fraction of sp³-hybridized carbons (Fsp3) is 0.182. The predicted molar refractivity (Wildman–Crippen MR) is 118 cm³/mol. The van der Waals surface area contributed by atoms with Gasteiger partial charge in [-0.25, -0.2) is 26.5 Å². The molecule has 3 aromatic rings. The summed E-state index contributed by atoms with van der Waals surface area (Å²) in [5.74, 6) is 12.8. The zero-order valence-electron chi connectivity index (χ0n) is 17.6. The average Bonchev–Trinajstić information content (AvgIpc) is 2.81. The van der Waals surface area contributed by atoms with E-state index in [0.717, 1.165) is 21.7 Å². The van der Waals surface area contributed by atoms with Gasteiger partial charge in [-0.3, -0.25) is 5.43 Å². The molecule has 5 N–H and O–H groups in total. The van der Waals surface area contributed by atoms with Crippen LogP contribution in [0.25, 0.3) is 11.3 Å². The molecular formula is C22H25N5O4. The van der Waals surface area contributed by atoms with Crippen molar-refractivity contribution >= 4 is 11.7 Å². The van der Waals surface area contributed by atoms with E-state index < -0.39 is 6.03 Å². The maximum absolute atomic E-state index is 11.8. The predicted octanol–water partition coefficient (Wildman–Crippen LogP) is 2.92. The zero-order chi connectivity index (χ0) is 22.4. The van der Waals surface area contributed by atoms with Crippen LogP contribution < -0.4 is 36.3 Å². The van der Waals surface area contributed by atoms with E-state index in [-0.39, 0.29) is 6.61 Å². The number of nitrogens with two attached hydrogens (primary N) is 2. The third-order valence-electron chi connectivity index (χ3n) is 4.76. The average molecular weight is 423 g/mol. The minimum Gasteiger partial charge on any atom is -0.497 e. The number of aryl methyl sites for hydroxylation is 1. The molecule has 0 saturated heterocycles. The number of benzene rings is 2. The van der Waals surface area contributed by atoms with E-state index in [4.69, 9.17) is 25.9 Å². The highest BCUT2D eigenvalue weighted by atomic mass is 16.5. The number of ether oxygens (including phenoxy) is 3. The first-order chi connectivity index (χ1) is 15.0. The summed E-state index contributed by atoms with van der Waals surface area (Å²) in [5, 5.41) is 0.942. The highest BCUT2D eigenvalue weighted by molar-refractivity contribution is 5.91. The molecule has 0 bridgehead atoms. The first-order valence-electron chi connectivity index (χ1n) is 9.44. The SMILES string of the molecule is COc1ccc(-c2cccc(OCc3c(C)cccc3N(N)C(=O)NN)n2)c(OC)c1. The van der Waals surface area contributed by atoms with Crippen molar-refractivity contribution in [2.75, 3.05) is 19.2 Å². The van der Waals surface area contributed by atoms with Gasteiger partial charge in [0.2, 0.25) is 5.88 Å². The summed E-state index contributed by atoms with van der Waals surface area (Å²) in [7, 11) is 3.19. The van der Waals surface area contributed by atoms with Crippen LogP contribution in [0.4, 0.5) is 10.5 Å². The Balaban J connectivity index is 1.86. The number of hydrogen-bond acceptors (Lipinski definition) is 7. The number of pyridine rings is 1. The van der Waals surface area contributed by atoms with E-state index in [1.807, 2.05) is 42.7 Å². The van der Waals surface area contributed by atoms with Crippen LogP contribution in [0.2, 0.25) is 0 Å². The summed E-state index contributed by atoms with van der Waals surface area (Å²) in [4.78, 5) is 16.4. The number of nitrogens with one attached hydrogen (secondary N) is 1. The number of anilines is 1. The Bertz CT molecular complexity index is 1070. The number of hydrogen-bond donors (Lipinski definition) is 3. The van der Waals surface area contributed by atoms with Crippen molar-refractivity contribution < 1.29 is 19.0 Å². The summed E-state index contributed by atoms with van der Waals surface area (Å²) >= 11 is 0. The van der Waals surface area contributed by atoms with Crippen molar-refractivity contribution in [1.29, 1.82) is 0 Å². The highest BCUT2D eigenvalue weighted by Gasteiger charge is 2.17. The van der Waals surface area contributed by atoms with Crippen LogP contribution in [0.15, 0.2) is 54.6 Å². The maximum Gasteiger partial charge on any atom is 0.350 e. The van der Waals surface area contributed by atoms with Crippen molar-refractivity contribution in [2.45, 2.75) is 13.5 Å². The van der Waals surface area contributed by atoms with Gasteiger partial charge in [-0.15, -0.1) is 0 Å². The van der Waals surface area contributed by atoms with Gasteiger partial charge < -0.3 is 14.2 Å². The van der Waals surface area contributed by atoms with Crippen LogP contribution in [0.1, 0.15) is 11.1 Å². The number of carbonyl (C=O) groups excluding carboxylic acids is 1. The van der Waals surface area contributed by atoms with Gasteiger partial charge in [0.15, 0.2) is 0 Å². The molecule has 162 valence electrons. The number of nitrogens with zero attached hydrogens (tertiary/aromatic N) is 2. The second-order valence-electron chi connectivity index (χ2n) is 6.61. The monoisotopic (exact) mass is 423 g/mol. The van der Waals surface area contributed by atoms with E-state index in [9.17, 15) is 4.79 Å².